The molecule has 1 aromatic carbocycles. The molecule has 30 heavy (non-hydrogen) atoms. The van der Waals surface area contributed by atoms with Crippen LogP contribution in [0.3, 0.4) is 0 Å². The first-order valence-electron chi connectivity index (χ1n) is 9.93. The Morgan fingerprint density at radius 2 is 2.03 bits per heavy atom. The average Bonchev–Trinajstić information content (AvgIpc) is 3.13. The molecule has 0 radical (unpaired) electrons. The van der Waals surface area contributed by atoms with E-state index in [1.807, 2.05) is 6.92 Å². The molecule has 9 nitrogen and oxygen atoms in total. The normalized spacial score (nSPS) is 18.1. The topological polar surface area (TPSA) is 114 Å². The third-order valence-electron chi connectivity index (χ3n) is 5.26. The summed E-state index contributed by atoms with van der Waals surface area (Å²) in [4.78, 5) is 19.9. The molecule has 1 N–H and O–H groups in total. The number of nitrogens with one attached hydrogen (secondary N) is 1. The summed E-state index contributed by atoms with van der Waals surface area (Å²) in [5.41, 5.74) is 0.828. The van der Waals surface area contributed by atoms with Crippen molar-refractivity contribution in [3.05, 3.63) is 51.8 Å². The number of sulfonamides is 1. The lowest BCUT2D eigenvalue weighted by Gasteiger charge is -2.31. The summed E-state index contributed by atoms with van der Waals surface area (Å²) in [6, 6.07) is 5.98. The van der Waals surface area contributed by atoms with Gasteiger partial charge in [0.05, 0.1) is 12.3 Å². The molecular formula is C19H23FN6O3S. The van der Waals surface area contributed by atoms with Crippen molar-refractivity contribution in [3.63, 3.8) is 0 Å². The number of H-pyrrole nitrogens is 1. The molecular weight excluding hydrogens is 411 g/mol. The summed E-state index contributed by atoms with van der Waals surface area (Å²) < 4.78 is 41.1. The van der Waals surface area contributed by atoms with Crippen LogP contribution < -0.4 is 5.56 Å². The Bertz CT molecular complexity index is 1210. The maximum Gasteiger partial charge on any atom is 0.281 e. The van der Waals surface area contributed by atoms with Gasteiger partial charge in [-0.25, -0.2) is 26.8 Å². The molecule has 0 bridgehead atoms. The fourth-order valence-electron chi connectivity index (χ4n) is 3.75. The highest BCUT2D eigenvalue weighted by Crippen LogP contribution is 2.26. The zero-order chi connectivity index (χ0) is 21.3. The zero-order valence-electron chi connectivity index (χ0n) is 16.6. The number of piperidine rings is 1. The van der Waals surface area contributed by atoms with E-state index in [-0.39, 0.29) is 36.1 Å². The molecule has 11 heteroatoms. The molecule has 1 aliphatic heterocycles. The fraction of sp³-hybridized carbons (Fsp3) is 0.474. The molecule has 4 rings (SSSR count). The van der Waals surface area contributed by atoms with Gasteiger partial charge in [-0.15, -0.1) is 5.10 Å². The van der Waals surface area contributed by atoms with Gasteiger partial charge in [0.15, 0.2) is 11.2 Å². The SMILES string of the molecule is CCCS(=O)(=O)N1CCCC(c2nc3c(nnn3Cc3ccc(F)cc3)c(=O)[nH]2)C1. The van der Waals surface area contributed by atoms with Crippen molar-refractivity contribution >= 4 is 21.2 Å². The Hall–Kier alpha value is -2.66. The van der Waals surface area contributed by atoms with Crippen LogP contribution in [0.1, 0.15) is 43.5 Å². The molecule has 0 amide bonds. The Morgan fingerprint density at radius 3 is 2.77 bits per heavy atom. The highest BCUT2D eigenvalue weighted by Gasteiger charge is 2.30. The van der Waals surface area contributed by atoms with E-state index in [1.165, 1.54) is 21.1 Å². The molecule has 1 atom stereocenters. The molecule has 2 aromatic heterocycles. The van der Waals surface area contributed by atoms with E-state index >= 15 is 0 Å². The van der Waals surface area contributed by atoms with Crippen LogP contribution in [0.25, 0.3) is 11.2 Å². The number of halogens is 1. The summed E-state index contributed by atoms with van der Waals surface area (Å²) in [6.07, 6.45) is 1.98. The largest absolute Gasteiger partial charge is 0.308 e. The molecule has 0 saturated carbocycles. The van der Waals surface area contributed by atoms with Crippen molar-refractivity contribution in [2.45, 2.75) is 38.6 Å². The molecule has 0 spiro atoms. The second-order valence-electron chi connectivity index (χ2n) is 7.51. The monoisotopic (exact) mass is 434 g/mol. The molecule has 1 aliphatic rings. The number of benzene rings is 1. The second kappa shape index (κ2) is 8.23. The molecule has 160 valence electrons. The standard InChI is InChI=1S/C19H23FN6O3S/c1-2-10-30(28,29)25-9-3-4-14(12-25)17-21-18-16(19(27)22-17)23-24-26(18)11-13-5-7-15(20)8-6-13/h5-8,14H,2-4,9-12H2,1H3,(H,21,22,27). The average molecular weight is 434 g/mol. The summed E-state index contributed by atoms with van der Waals surface area (Å²) in [7, 11) is -3.32. The second-order valence-corrected chi connectivity index (χ2v) is 9.60. The first-order chi connectivity index (χ1) is 14.4. The number of nitrogens with zero attached hydrogens (tertiary/aromatic N) is 5. The lowest BCUT2D eigenvalue weighted by molar-refractivity contribution is 0.309. The smallest absolute Gasteiger partial charge is 0.281 e. The van der Waals surface area contributed by atoms with Gasteiger partial charge < -0.3 is 4.98 Å². The molecule has 3 heterocycles. The third kappa shape index (κ3) is 4.12. The maximum absolute atomic E-state index is 13.2. The first-order valence-corrected chi connectivity index (χ1v) is 11.5. The quantitative estimate of drug-likeness (QED) is 0.631. The van der Waals surface area contributed by atoms with Crippen molar-refractivity contribution in [3.8, 4) is 0 Å². The highest BCUT2D eigenvalue weighted by atomic mass is 32.2. The van der Waals surface area contributed by atoms with E-state index in [0.717, 1.165) is 12.0 Å². The van der Waals surface area contributed by atoms with E-state index < -0.39 is 15.6 Å². The van der Waals surface area contributed by atoms with Crippen LogP contribution >= 0.6 is 0 Å². The maximum atomic E-state index is 13.2. The lowest BCUT2D eigenvalue weighted by Crippen LogP contribution is -2.41. The molecule has 1 saturated heterocycles. The number of aromatic nitrogens is 5. The molecule has 1 fully saturated rings. The molecule has 3 aromatic rings. The number of fused-ring (bicyclic) bond motifs is 1. The van der Waals surface area contributed by atoms with Crippen LogP contribution in [0.2, 0.25) is 0 Å². The number of rotatable bonds is 6. The Labute approximate surface area is 173 Å². The van der Waals surface area contributed by atoms with E-state index in [2.05, 4.69) is 20.3 Å². The predicted octanol–water partition coefficient (Wildman–Crippen LogP) is 1.62. The Morgan fingerprint density at radius 1 is 1.27 bits per heavy atom. The number of aromatic amines is 1. The fourth-order valence-corrected chi connectivity index (χ4v) is 5.34. The van der Waals surface area contributed by atoms with E-state index in [9.17, 15) is 17.6 Å². The van der Waals surface area contributed by atoms with E-state index in [1.54, 1.807) is 12.1 Å². The highest BCUT2D eigenvalue weighted by molar-refractivity contribution is 7.89. The summed E-state index contributed by atoms with van der Waals surface area (Å²) >= 11 is 0. The van der Waals surface area contributed by atoms with Crippen LogP contribution in [0.5, 0.6) is 0 Å². The lowest BCUT2D eigenvalue weighted by atomic mass is 9.99. The van der Waals surface area contributed by atoms with Gasteiger partial charge in [0.1, 0.15) is 11.6 Å². The minimum Gasteiger partial charge on any atom is -0.308 e. The predicted molar refractivity (Wildman–Crippen MR) is 109 cm³/mol. The van der Waals surface area contributed by atoms with Gasteiger partial charge in [-0.2, -0.15) is 0 Å². The van der Waals surface area contributed by atoms with Gasteiger partial charge >= 0.3 is 0 Å². The minimum absolute atomic E-state index is 0.108. The minimum atomic E-state index is -3.32. The zero-order valence-corrected chi connectivity index (χ0v) is 17.4. The van der Waals surface area contributed by atoms with Crippen molar-refractivity contribution < 1.29 is 12.8 Å². The first kappa shape index (κ1) is 20.6. The molecule has 0 aliphatic carbocycles. The van der Waals surface area contributed by atoms with Crippen molar-refractivity contribution in [2.24, 2.45) is 0 Å². The summed E-state index contributed by atoms with van der Waals surface area (Å²) in [5.74, 6) is -0.000932. The number of hydrogen-bond acceptors (Lipinski definition) is 6. The summed E-state index contributed by atoms with van der Waals surface area (Å²) in [6.45, 7) is 2.89. The van der Waals surface area contributed by atoms with E-state index in [4.69, 9.17) is 0 Å². The van der Waals surface area contributed by atoms with Gasteiger partial charge in [-0.05, 0) is 37.0 Å². The Kier molecular flexibility index (Phi) is 5.65. The van der Waals surface area contributed by atoms with Crippen molar-refractivity contribution in [1.29, 1.82) is 0 Å². The van der Waals surface area contributed by atoms with Crippen molar-refractivity contribution in [2.75, 3.05) is 18.8 Å². The Balaban J connectivity index is 1.65. The van der Waals surface area contributed by atoms with Gasteiger partial charge in [0.2, 0.25) is 10.0 Å². The van der Waals surface area contributed by atoms with Crippen LogP contribution in [0.4, 0.5) is 4.39 Å². The van der Waals surface area contributed by atoms with E-state index in [0.29, 0.717) is 30.9 Å². The third-order valence-corrected chi connectivity index (χ3v) is 7.31. The van der Waals surface area contributed by atoms with Gasteiger partial charge in [0.25, 0.3) is 5.56 Å². The van der Waals surface area contributed by atoms with Crippen LogP contribution in [0, 0.1) is 5.82 Å². The number of hydrogen-bond donors (Lipinski definition) is 1. The summed E-state index contributed by atoms with van der Waals surface area (Å²) in [5, 5.41) is 7.95. The van der Waals surface area contributed by atoms with Crippen LogP contribution in [-0.2, 0) is 16.6 Å². The van der Waals surface area contributed by atoms with Crippen LogP contribution in [0.15, 0.2) is 29.1 Å². The van der Waals surface area contributed by atoms with Crippen molar-refractivity contribution in [1.82, 2.24) is 29.3 Å². The molecule has 1 unspecified atom stereocenters. The van der Waals surface area contributed by atoms with Crippen LogP contribution in [-0.4, -0.2) is 56.5 Å². The van der Waals surface area contributed by atoms with Gasteiger partial charge in [0, 0.05) is 19.0 Å². The van der Waals surface area contributed by atoms with Gasteiger partial charge in [-0.3, -0.25) is 4.79 Å². The van der Waals surface area contributed by atoms with Gasteiger partial charge in [-0.1, -0.05) is 24.3 Å².